The number of anilines is 1. The molecule has 6 nitrogen and oxygen atoms in total. The molecule has 2 heterocycles. The number of hydrogen-bond acceptors (Lipinski definition) is 5. The molecular weight excluding hydrogens is 422 g/mol. The van der Waals surface area contributed by atoms with E-state index in [1.54, 1.807) is 4.57 Å². The van der Waals surface area contributed by atoms with Crippen LogP contribution in [-0.2, 0) is 6.61 Å². The fraction of sp³-hybridized carbons (Fsp3) is 0.444. The monoisotopic (exact) mass is 442 g/mol. The van der Waals surface area contributed by atoms with Gasteiger partial charge in [-0.25, -0.2) is 8.78 Å². The standard InChI is InChI=1S/C18H21BrF2N4O2/c1-10(2)25-17(26)15(19)16(23-18(25)24-6-5-13(22)8-24)27-9-11-3-4-12(20)7-14(11)21/h3-4,7,10,13H,5-6,8-9,22H2,1-2H3. The molecule has 0 saturated carbocycles. The van der Waals surface area contributed by atoms with Gasteiger partial charge in [-0.05, 0) is 48.3 Å². The summed E-state index contributed by atoms with van der Waals surface area (Å²) < 4.78 is 34.2. The van der Waals surface area contributed by atoms with E-state index in [0.29, 0.717) is 19.0 Å². The summed E-state index contributed by atoms with van der Waals surface area (Å²) in [5.74, 6) is -0.841. The van der Waals surface area contributed by atoms with Gasteiger partial charge in [-0.1, -0.05) is 0 Å². The zero-order valence-corrected chi connectivity index (χ0v) is 16.7. The topological polar surface area (TPSA) is 73.4 Å². The van der Waals surface area contributed by atoms with Gasteiger partial charge < -0.3 is 15.4 Å². The van der Waals surface area contributed by atoms with E-state index in [1.807, 2.05) is 18.7 Å². The van der Waals surface area contributed by atoms with Crippen LogP contribution in [0.3, 0.4) is 0 Å². The van der Waals surface area contributed by atoms with Gasteiger partial charge in [0.25, 0.3) is 5.56 Å². The van der Waals surface area contributed by atoms with E-state index in [1.165, 1.54) is 6.07 Å². The van der Waals surface area contributed by atoms with E-state index in [9.17, 15) is 13.6 Å². The van der Waals surface area contributed by atoms with Crippen LogP contribution in [-0.4, -0.2) is 28.7 Å². The molecule has 27 heavy (non-hydrogen) atoms. The highest BCUT2D eigenvalue weighted by molar-refractivity contribution is 9.10. The predicted molar refractivity (Wildman–Crippen MR) is 102 cm³/mol. The molecule has 0 spiro atoms. The van der Waals surface area contributed by atoms with Crippen LogP contribution in [0, 0.1) is 11.6 Å². The summed E-state index contributed by atoms with van der Waals surface area (Å²) in [7, 11) is 0. The van der Waals surface area contributed by atoms with Gasteiger partial charge in [0.2, 0.25) is 11.8 Å². The molecule has 0 bridgehead atoms. The van der Waals surface area contributed by atoms with Gasteiger partial charge in [-0.3, -0.25) is 9.36 Å². The highest BCUT2D eigenvalue weighted by Crippen LogP contribution is 2.27. The fourth-order valence-corrected chi connectivity index (χ4v) is 3.41. The summed E-state index contributed by atoms with van der Waals surface area (Å²) in [6, 6.07) is 3.14. The maximum absolute atomic E-state index is 13.8. The van der Waals surface area contributed by atoms with Crippen LogP contribution < -0.4 is 20.9 Å². The summed E-state index contributed by atoms with van der Waals surface area (Å²) in [6.45, 7) is 4.88. The fourth-order valence-electron chi connectivity index (χ4n) is 3.02. The Kier molecular flexibility index (Phi) is 5.81. The molecule has 1 saturated heterocycles. The molecule has 2 aromatic rings. The molecule has 1 aromatic carbocycles. The lowest BCUT2D eigenvalue weighted by molar-refractivity contribution is 0.283. The quantitative estimate of drug-likeness (QED) is 0.770. The molecule has 1 aliphatic rings. The first-order valence-corrected chi connectivity index (χ1v) is 9.46. The van der Waals surface area contributed by atoms with Crippen molar-refractivity contribution < 1.29 is 13.5 Å². The Labute approximate surface area is 164 Å². The maximum atomic E-state index is 13.8. The Morgan fingerprint density at radius 2 is 2.15 bits per heavy atom. The molecule has 0 radical (unpaired) electrons. The molecular formula is C18H21BrF2N4O2. The third-order valence-corrected chi connectivity index (χ3v) is 5.09. The first-order chi connectivity index (χ1) is 12.8. The zero-order chi connectivity index (χ0) is 19.7. The predicted octanol–water partition coefficient (Wildman–Crippen LogP) is 2.98. The van der Waals surface area contributed by atoms with E-state index >= 15 is 0 Å². The van der Waals surface area contributed by atoms with Crippen LogP contribution in [0.5, 0.6) is 5.88 Å². The zero-order valence-electron chi connectivity index (χ0n) is 15.1. The van der Waals surface area contributed by atoms with Crippen LogP contribution >= 0.6 is 15.9 Å². The van der Waals surface area contributed by atoms with Crippen LogP contribution in [0.25, 0.3) is 0 Å². The van der Waals surface area contributed by atoms with Gasteiger partial charge >= 0.3 is 0 Å². The Bertz CT molecular complexity index is 904. The number of benzene rings is 1. The first kappa shape index (κ1) is 19.8. The van der Waals surface area contributed by atoms with Crippen molar-refractivity contribution in [3.8, 4) is 5.88 Å². The lowest BCUT2D eigenvalue weighted by atomic mass is 10.2. The highest BCUT2D eigenvalue weighted by Gasteiger charge is 2.27. The number of aromatic nitrogens is 2. The number of rotatable bonds is 5. The maximum Gasteiger partial charge on any atom is 0.273 e. The SMILES string of the molecule is CC(C)n1c(N2CCC(N)C2)nc(OCc2ccc(F)cc2F)c(Br)c1=O. The Balaban J connectivity index is 1.95. The normalized spacial score (nSPS) is 17.0. The van der Waals surface area contributed by atoms with Gasteiger partial charge in [0.05, 0.1) is 0 Å². The van der Waals surface area contributed by atoms with Crippen molar-refractivity contribution in [2.75, 3.05) is 18.0 Å². The molecule has 0 aliphatic carbocycles. The average molecular weight is 443 g/mol. The molecule has 1 fully saturated rings. The lowest BCUT2D eigenvalue weighted by Gasteiger charge is -2.24. The van der Waals surface area contributed by atoms with Crippen LogP contribution in [0.4, 0.5) is 14.7 Å². The third kappa shape index (κ3) is 4.14. The number of nitrogens with two attached hydrogens (primary N) is 1. The van der Waals surface area contributed by atoms with Crippen molar-refractivity contribution in [2.24, 2.45) is 5.73 Å². The molecule has 146 valence electrons. The lowest BCUT2D eigenvalue weighted by Crippen LogP contribution is -2.35. The number of hydrogen-bond donors (Lipinski definition) is 1. The van der Waals surface area contributed by atoms with Crippen molar-refractivity contribution in [3.05, 3.63) is 50.2 Å². The van der Waals surface area contributed by atoms with Crippen molar-refractivity contribution >= 4 is 21.9 Å². The molecule has 1 aliphatic heterocycles. The van der Waals surface area contributed by atoms with Crippen molar-refractivity contribution in [3.63, 3.8) is 0 Å². The molecule has 9 heteroatoms. The molecule has 1 unspecified atom stereocenters. The minimum Gasteiger partial charge on any atom is -0.472 e. The van der Waals surface area contributed by atoms with E-state index in [4.69, 9.17) is 10.5 Å². The first-order valence-electron chi connectivity index (χ1n) is 8.67. The second-order valence-corrected chi connectivity index (χ2v) is 7.61. The molecule has 2 N–H and O–H groups in total. The number of halogens is 3. The summed E-state index contributed by atoms with van der Waals surface area (Å²) in [4.78, 5) is 19.3. The summed E-state index contributed by atoms with van der Waals surface area (Å²) in [6.07, 6.45) is 0.807. The number of nitrogens with zero attached hydrogens (tertiary/aromatic N) is 3. The third-order valence-electron chi connectivity index (χ3n) is 4.41. The summed E-state index contributed by atoms with van der Waals surface area (Å²) in [5, 5.41) is 0. The Hall–Kier alpha value is -2.00. The smallest absolute Gasteiger partial charge is 0.273 e. The van der Waals surface area contributed by atoms with Crippen molar-refractivity contribution in [1.29, 1.82) is 0 Å². The van der Waals surface area contributed by atoms with E-state index in [0.717, 1.165) is 18.6 Å². The minimum atomic E-state index is -0.715. The Morgan fingerprint density at radius 1 is 1.41 bits per heavy atom. The molecule has 0 amide bonds. The van der Waals surface area contributed by atoms with Gasteiger partial charge in [0, 0.05) is 36.8 Å². The highest BCUT2D eigenvalue weighted by atomic mass is 79.9. The van der Waals surface area contributed by atoms with E-state index in [2.05, 4.69) is 20.9 Å². The van der Waals surface area contributed by atoms with Crippen molar-refractivity contribution in [2.45, 2.75) is 39.0 Å². The largest absolute Gasteiger partial charge is 0.472 e. The van der Waals surface area contributed by atoms with Crippen LogP contribution in [0.15, 0.2) is 27.5 Å². The van der Waals surface area contributed by atoms with Gasteiger partial charge in [0.1, 0.15) is 22.7 Å². The molecule has 3 rings (SSSR count). The second kappa shape index (κ2) is 7.93. The Morgan fingerprint density at radius 3 is 2.74 bits per heavy atom. The summed E-state index contributed by atoms with van der Waals surface area (Å²) in [5.41, 5.74) is 5.87. The van der Waals surface area contributed by atoms with Gasteiger partial charge in [-0.15, -0.1) is 0 Å². The van der Waals surface area contributed by atoms with Gasteiger partial charge in [0.15, 0.2) is 0 Å². The van der Waals surface area contributed by atoms with Crippen LogP contribution in [0.2, 0.25) is 0 Å². The van der Waals surface area contributed by atoms with Gasteiger partial charge in [-0.2, -0.15) is 4.98 Å². The second-order valence-electron chi connectivity index (χ2n) is 6.82. The van der Waals surface area contributed by atoms with Crippen LogP contribution in [0.1, 0.15) is 31.9 Å². The molecule has 1 atom stereocenters. The minimum absolute atomic E-state index is 0.0174. The number of ether oxygens (including phenoxy) is 1. The van der Waals surface area contributed by atoms with E-state index < -0.39 is 11.6 Å². The summed E-state index contributed by atoms with van der Waals surface area (Å²) >= 11 is 3.24. The van der Waals surface area contributed by atoms with E-state index in [-0.39, 0.29) is 40.2 Å². The molecule has 1 aromatic heterocycles. The van der Waals surface area contributed by atoms with Crippen molar-refractivity contribution in [1.82, 2.24) is 9.55 Å². The average Bonchev–Trinajstić information content (AvgIpc) is 3.03.